The summed E-state index contributed by atoms with van der Waals surface area (Å²) in [5, 5.41) is 2.89. The number of hydrogen-bond donors (Lipinski definition) is 1. The predicted octanol–water partition coefficient (Wildman–Crippen LogP) is 4.87. The maximum absolute atomic E-state index is 13.1. The van der Waals surface area contributed by atoms with Gasteiger partial charge in [-0.25, -0.2) is 0 Å². The number of halogens is 3. The van der Waals surface area contributed by atoms with Crippen molar-refractivity contribution >= 4 is 5.69 Å². The minimum atomic E-state index is -4.46. The molecule has 0 saturated heterocycles. The molecule has 1 heterocycles. The summed E-state index contributed by atoms with van der Waals surface area (Å²) in [4.78, 5) is 0. The molecule has 0 amide bonds. The summed E-state index contributed by atoms with van der Waals surface area (Å²) in [6.07, 6.45) is -2.37. The Morgan fingerprint density at radius 3 is 2.57 bits per heavy atom. The van der Waals surface area contributed by atoms with Gasteiger partial charge in [0.05, 0.1) is 25.0 Å². The summed E-state index contributed by atoms with van der Waals surface area (Å²) in [6.45, 7) is 1.87. The van der Waals surface area contributed by atoms with Crippen LogP contribution in [0.4, 0.5) is 18.9 Å². The molecule has 6 heteroatoms. The summed E-state index contributed by atoms with van der Waals surface area (Å²) in [6, 6.07) is 6.96. The minimum Gasteiger partial charge on any atom is -0.497 e. The number of methoxy groups -OCH3 is 1. The number of hydrogen-bond acceptors (Lipinski definition) is 3. The summed E-state index contributed by atoms with van der Waals surface area (Å²) in [5.41, 5.74) is -0.751. The van der Waals surface area contributed by atoms with Gasteiger partial charge in [-0.2, -0.15) is 13.2 Å². The smallest absolute Gasteiger partial charge is 0.418 e. The quantitative estimate of drug-likeness (QED) is 0.855. The van der Waals surface area contributed by atoms with Gasteiger partial charge >= 0.3 is 6.18 Å². The van der Waals surface area contributed by atoms with E-state index >= 15 is 0 Å². The lowest BCUT2D eigenvalue weighted by Crippen LogP contribution is -2.14. The molecule has 1 aromatic carbocycles. The molecule has 2 aromatic rings. The van der Waals surface area contributed by atoms with Crippen LogP contribution in [0.25, 0.3) is 0 Å². The molecule has 1 N–H and O–H groups in total. The molecule has 0 spiro atoms. The molecule has 0 bridgehead atoms. The second kappa shape index (κ2) is 6.11. The highest BCUT2D eigenvalue weighted by molar-refractivity contribution is 5.56. The minimum absolute atomic E-state index is 0.00606. The summed E-state index contributed by atoms with van der Waals surface area (Å²) in [7, 11) is 1.33. The molecule has 0 aliphatic heterocycles. The van der Waals surface area contributed by atoms with Crippen LogP contribution in [0.1, 0.15) is 30.7 Å². The standard InChI is InChI=1S/C15H16F3NO2/c1-3-12(14-5-4-8-21-14)19-13-7-6-10(20-2)9-11(13)15(16,17)18/h4-9,12,19H,3H2,1-2H3. The molecular weight excluding hydrogens is 283 g/mol. The van der Waals surface area contributed by atoms with E-state index in [9.17, 15) is 13.2 Å². The van der Waals surface area contributed by atoms with E-state index in [4.69, 9.17) is 9.15 Å². The van der Waals surface area contributed by atoms with E-state index in [1.807, 2.05) is 6.92 Å². The van der Waals surface area contributed by atoms with E-state index in [2.05, 4.69) is 5.32 Å². The number of alkyl halides is 3. The Morgan fingerprint density at radius 2 is 2.05 bits per heavy atom. The van der Waals surface area contributed by atoms with E-state index in [-0.39, 0.29) is 17.5 Å². The maximum Gasteiger partial charge on any atom is 0.418 e. The van der Waals surface area contributed by atoms with Gasteiger partial charge in [0, 0.05) is 5.69 Å². The van der Waals surface area contributed by atoms with E-state index < -0.39 is 11.7 Å². The lowest BCUT2D eigenvalue weighted by Gasteiger charge is -2.20. The van der Waals surface area contributed by atoms with Crippen LogP contribution in [0.2, 0.25) is 0 Å². The summed E-state index contributed by atoms with van der Waals surface area (Å²) in [5.74, 6) is 0.764. The number of anilines is 1. The third kappa shape index (κ3) is 3.51. The molecule has 21 heavy (non-hydrogen) atoms. The maximum atomic E-state index is 13.1. The second-order valence-electron chi connectivity index (χ2n) is 4.53. The Balaban J connectivity index is 2.34. The first-order valence-electron chi connectivity index (χ1n) is 6.51. The zero-order chi connectivity index (χ0) is 15.5. The van der Waals surface area contributed by atoms with Crippen LogP contribution >= 0.6 is 0 Å². The summed E-state index contributed by atoms with van der Waals surface area (Å²) >= 11 is 0. The van der Waals surface area contributed by atoms with Gasteiger partial charge in [-0.1, -0.05) is 6.92 Å². The largest absolute Gasteiger partial charge is 0.497 e. The Morgan fingerprint density at radius 1 is 1.29 bits per heavy atom. The number of ether oxygens (including phenoxy) is 1. The van der Waals surface area contributed by atoms with Crippen LogP contribution in [-0.4, -0.2) is 7.11 Å². The molecule has 0 aliphatic carbocycles. The van der Waals surface area contributed by atoms with E-state index in [0.717, 1.165) is 6.07 Å². The molecule has 1 unspecified atom stereocenters. The van der Waals surface area contributed by atoms with Gasteiger partial charge < -0.3 is 14.5 Å². The van der Waals surface area contributed by atoms with Crippen molar-refractivity contribution in [2.75, 3.05) is 12.4 Å². The fourth-order valence-electron chi connectivity index (χ4n) is 2.06. The van der Waals surface area contributed by atoms with Crippen LogP contribution in [-0.2, 0) is 6.18 Å². The Kier molecular flexibility index (Phi) is 4.45. The second-order valence-corrected chi connectivity index (χ2v) is 4.53. The highest BCUT2D eigenvalue weighted by Crippen LogP contribution is 2.38. The van der Waals surface area contributed by atoms with Crippen molar-refractivity contribution in [3.05, 3.63) is 47.9 Å². The SMILES string of the molecule is CCC(Nc1ccc(OC)cc1C(F)(F)F)c1ccco1. The lowest BCUT2D eigenvalue weighted by molar-refractivity contribution is -0.137. The summed E-state index contributed by atoms with van der Waals surface area (Å²) < 4.78 is 49.6. The van der Waals surface area contributed by atoms with Crippen LogP contribution < -0.4 is 10.1 Å². The van der Waals surface area contributed by atoms with E-state index in [1.165, 1.54) is 25.5 Å². The number of furan rings is 1. The van der Waals surface area contributed by atoms with Gasteiger partial charge in [0.25, 0.3) is 0 Å². The van der Waals surface area contributed by atoms with Crippen molar-refractivity contribution in [2.45, 2.75) is 25.6 Å². The molecule has 1 aromatic heterocycles. The molecule has 0 radical (unpaired) electrons. The highest BCUT2D eigenvalue weighted by Gasteiger charge is 2.34. The van der Waals surface area contributed by atoms with Crippen LogP contribution in [0.5, 0.6) is 5.75 Å². The van der Waals surface area contributed by atoms with Crippen molar-refractivity contribution in [1.82, 2.24) is 0 Å². The fourth-order valence-corrected chi connectivity index (χ4v) is 2.06. The first-order valence-corrected chi connectivity index (χ1v) is 6.51. The van der Waals surface area contributed by atoms with Gasteiger partial charge in [-0.15, -0.1) is 0 Å². The van der Waals surface area contributed by atoms with Gasteiger partial charge in [0.2, 0.25) is 0 Å². The topological polar surface area (TPSA) is 34.4 Å². The molecule has 3 nitrogen and oxygen atoms in total. The zero-order valence-electron chi connectivity index (χ0n) is 11.7. The van der Waals surface area contributed by atoms with Crippen molar-refractivity contribution in [3.63, 3.8) is 0 Å². The average molecular weight is 299 g/mol. The Bertz CT molecular complexity index is 579. The normalized spacial score (nSPS) is 13.0. The van der Waals surface area contributed by atoms with Crippen molar-refractivity contribution in [2.24, 2.45) is 0 Å². The van der Waals surface area contributed by atoms with Crippen LogP contribution in [0, 0.1) is 0 Å². The Hall–Kier alpha value is -2.11. The van der Waals surface area contributed by atoms with Crippen molar-refractivity contribution in [1.29, 1.82) is 0 Å². The first kappa shape index (κ1) is 15.3. The number of nitrogens with one attached hydrogen (secondary N) is 1. The molecule has 1 atom stereocenters. The van der Waals surface area contributed by atoms with E-state index in [0.29, 0.717) is 12.2 Å². The van der Waals surface area contributed by atoms with Gasteiger partial charge in [-0.05, 0) is 36.8 Å². The fraction of sp³-hybridized carbons (Fsp3) is 0.333. The Labute approximate surface area is 120 Å². The first-order chi connectivity index (χ1) is 9.95. The van der Waals surface area contributed by atoms with E-state index in [1.54, 1.807) is 12.1 Å². The number of benzene rings is 1. The third-order valence-electron chi connectivity index (χ3n) is 3.16. The van der Waals surface area contributed by atoms with Crippen LogP contribution in [0.3, 0.4) is 0 Å². The van der Waals surface area contributed by atoms with Crippen molar-refractivity contribution in [3.8, 4) is 5.75 Å². The van der Waals surface area contributed by atoms with Crippen molar-refractivity contribution < 1.29 is 22.3 Å². The molecule has 0 saturated carbocycles. The molecule has 0 fully saturated rings. The lowest BCUT2D eigenvalue weighted by atomic mass is 10.1. The molecule has 0 aliphatic rings. The van der Waals surface area contributed by atoms with Crippen LogP contribution in [0.15, 0.2) is 41.0 Å². The third-order valence-corrected chi connectivity index (χ3v) is 3.16. The zero-order valence-corrected chi connectivity index (χ0v) is 11.7. The molecular formula is C15H16F3NO2. The average Bonchev–Trinajstić information content (AvgIpc) is 2.97. The molecule has 2 rings (SSSR count). The van der Waals surface area contributed by atoms with Gasteiger partial charge in [-0.3, -0.25) is 0 Å². The van der Waals surface area contributed by atoms with Gasteiger partial charge in [0.1, 0.15) is 11.5 Å². The predicted molar refractivity (Wildman–Crippen MR) is 73.4 cm³/mol. The monoisotopic (exact) mass is 299 g/mol. The highest BCUT2D eigenvalue weighted by atomic mass is 19.4. The number of rotatable bonds is 5. The molecule has 114 valence electrons. The van der Waals surface area contributed by atoms with Gasteiger partial charge in [0.15, 0.2) is 0 Å².